The van der Waals surface area contributed by atoms with Crippen molar-refractivity contribution in [2.24, 2.45) is 0 Å². The second kappa shape index (κ2) is 2.68. The van der Waals surface area contributed by atoms with Crippen LogP contribution in [0.4, 0.5) is 0 Å². The number of aryl methyl sites for hydroxylation is 1. The van der Waals surface area contributed by atoms with Crippen LogP contribution < -0.4 is 10.3 Å². The molecule has 0 amide bonds. The first-order valence-corrected chi connectivity index (χ1v) is 3.39. The Kier molecular flexibility index (Phi) is 1.89. The lowest BCUT2D eigenvalue weighted by molar-refractivity contribution is -0.765. The minimum atomic E-state index is -0.260. The molecule has 10 heavy (non-hydrogen) atoms. The van der Waals surface area contributed by atoms with Crippen LogP contribution in [0.25, 0.3) is 0 Å². The molecule has 4 heteroatoms. The maximum Gasteiger partial charge on any atom is 0.429 e. The van der Waals surface area contributed by atoms with E-state index in [0.717, 1.165) is 6.54 Å². The molecule has 4 nitrogen and oxygen atoms in total. The minimum absolute atomic E-state index is 0.260. The predicted octanol–water partition coefficient (Wildman–Crippen LogP) is -0.162. The Morgan fingerprint density at radius 3 is 2.70 bits per heavy atom. The van der Waals surface area contributed by atoms with E-state index in [9.17, 15) is 4.79 Å². The van der Waals surface area contributed by atoms with Gasteiger partial charge in [-0.2, -0.15) is 0 Å². The average Bonchev–Trinajstić information content (AvgIpc) is 2.30. The molecule has 0 fully saturated rings. The number of aromatic nitrogens is 2. The normalized spacial score (nSPS) is 10.2. The van der Waals surface area contributed by atoms with Gasteiger partial charge in [0.15, 0.2) is 6.54 Å². The number of hydrogen-bond donors (Lipinski definition) is 1. The van der Waals surface area contributed by atoms with Crippen LogP contribution in [0.2, 0.25) is 0 Å². The average molecular weight is 143 g/mol. The third-order valence-electron chi connectivity index (χ3n) is 1.46. The standard InChI is InChI=1S/C6H10N2O2/c1-3-5-6(9)10-7-8(5)4-2/h3-4H2,1-2H3/p+1. The SMILES string of the molecule is CCc1c(=O)o[nH][n+]1CC. The number of nitrogens with one attached hydrogen (secondary N) is 1. The highest BCUT2D eigenvalue weighted by molar-refractivity contribution is 4.80. The number of H-pyrrole nitrogens is 1. The molecule has 0 aliphatic rings. The summed E-state index contributed by atoms with van der Waals surface area (Å²) in [4.78, 5) is 10.8. The van der Waals surface area contributed by atoms with Gasteiger partial charge in [-0.05, 0) is 12.2 Å². The van der Waals surface area contributed by atoms with Gasteiger partial charge in [-0.3, -0.25) is 4.52 Å². The van der Waals surface area contributed by atoms with Crippen molar-refractivity contribution >= 4 is 0 Å². The largest absolute Gasteiger partial charge is 0.429 e. The fraction of sp³-hybridized carbons (Fsp3) is 0.667. The molecule has 0 spiro atoms. The summed E-state index contributed by atoms with van der Waals surface area (Å²) in [6.45, 7) is 4.62. The Morgan fingerprint density at radius 1 is 1.60 bits per heavy atom. The topological polar surface area (TPSA) is 49.9 Å². The molecule has 1 heterocycles. The van der Waals surface area contributed by atoms with E-state index in [4.69, 9.17) is 0 Å². The van der Waals surface area contributed by atoms with E-state index in [0.29, 0.717) is 12.1 Å². The molecule has 0 atom stereocenters. The van der Waals surface area contributed by atoms with Gasteiger partial charge >= 0.3 is 5.63 Å². The molecule has 0 aliphatic heterocycles. The molecule has 0 aliphatic carbocycles. The number of aromatic amines is 1. The van der Waals surface area contributed by atoms with Crippen LogP contribution in [0.3, 0.4) is 0 Å². The van der Waals surface area contributed by atoms with E-state index in [1.54, 1.807) is 4.68 Å². The molecule has 1 rings (SSSR count). The van der Waals surface area contributed by atoms with Gasteiger partial charge in [0.1, 0.15) is 0 Å². The zero-order chi connectivity index (χ0) is 7.56. The minimum Gasteiger partial charge on any atom is -0.283 e. The van der Waals surface area contributed by atoms with Crippen molar-refractivity contribution in [3.05, 3.63) is 16.1 Å². The quantitative estimate of drug-likeness (QED) is 0.585. The fourth-order valence-corrected chi connectivity index (χ4v) is 0.911. The smallest absolute Gasteiger partial charge is 0.283 e. The summed E-state index contributed by atoms with van der Waals surface area (Å²) in [6.07, 6.45) is 0.708. The van der Waals surface area contributed by atoms with Gasteiger partial charge in [-0.1, -0.05) is 11.6 Å². The van der Waals surface area contributed by atoms with Gasteiger partial charge in [-0.25, -0.2) is 4.79 Å². The lowest BCUT2D eigenvalue weighted by Gasteiger charge is -1.82. The summed E-state index contributed by atoms with van der Waals surface area (Å²) in [7, 11) is 0. The molecule has 56 valence electrons. The Hall–Kier alpha value is -1.06. The summed E-state index contributed by atoms with van der Waals surface area (Å²) >= 11 is 0. The van der Waals surface area contributed by atoms with Crippen molar-refractivity contribution in [1.82, 2.24) is 5.27 Å². The van der Waals surface area contributed by atoms with Crippen LogP contribution >= 0.6 is 0 Å². The summed E-state index contributed by atoms with van der Waals surface area (Å²) < 4.78 is 6.26. The van der Waals surface area contributed by atoms with E-state index >= 15 is 0 Å². The van der Waals surface area contributed by atoms with Crippen LogP contribution in [-0.2, 0) is 13.0 Å². The Bertz CT molecular complexity index is 261. The fourth-order valence-electron chi connectivity index (χ4n) is 0.911. The maximum absolute atomic E-state index is 10.8. The molecular formula is C6H11N2O2+. The number of hydrogen-bond acceptors (Lipinski definition) is 2. The molecule has 0 aromatic carbocycles. The van der Waals surface area contributed by atoms with Crippen LogP contribution in [-0.4, -0.2) is 5.27 Å². The highest BCUT2D eigenvalue weighted by Crippen LogP contribution is 1.80. The molecule has 1 N–H and O–H groups in total. The lowest BCUT2D eigenvalue weighted by Crippen LogP contribution is -2.39. The zero-order valence-electron chi connectivity index (χ0n) is 6.18. The second-order valence-electron chi connectivity index (χ2n) is 2.03. The summed E-state index contributed by atoms with van der Waals surface area (Å²) in [5.41, 5.74) is 0.437. The van der Waals surface area contributed by atoms with Gasteiger partial charge in [0.25, 0.3) is 5.69 Å². The molecule has 1 aromatic rings. The molecule has 1 aromatic heterocycles. The van der Waals surface area contributed by atoms with Crippen molar-refractivity contribution < 1.29 is 9.20 Å². The number of rotatable bonds is 2. The first kappa shape index (κ1) is 7.05. The van der Waals surface area contributed by atoms with Crippen molar-refractivity contribution in [1.29, 1.82) is 0 Å². The summed E-state index contributed by atoms with van der Waals surface area (Å²) in [5.74, 6) is 0. The van der Waals surface area contributed by atoms with Crippen LogP contribution in [0.5, 0.6) is 0 Å². The molecule has 0 saturated carbocycles. The summed E-state index contributed by atoms with van der Waals surface area (Å²) in [6, 6.07) is 0. The zero-order valence-corrected chi connectivity index (χ0v) is 6.18. The van der Waals surface area contributed by atoms with E-state index in [1.807, 2.05) is 13.8 Å². The second-order valence-corrected chi connectivity index (χ2v) is 2.03. The molecule has 0 unspecified atom stereocenters. The Balaban J connectivity index is 3.13. The van der Waals surface area contributed by atoms with Gasteiger partial charge in [0.2, 0.25) is 0 Å². The van der Waals surface area contributed by atoms with E-state index in [1.165, 1.54) is 0 Å². The highest BCUT2D eigenvalue weighted by Gasteiger charge is 2.15. The van der Waals surface area contributed by atoms with Crippen molar-refractivity contribution in [3.8, 4) is 0 Å². The third-order valence-corrected chi connectivity index (χ3v) is 1.46. The summed E-state index contributed by atoms with van der Waals surface area (Å²) in [5, 5.41) is 2.50. The van der Waals surface area contributed by atoms with Crippen molar-refractivity contribution in [2.75, 3.05) is 0 Å². The Labute approximate surface area is 58.4 Å². The molecule has 0 bridgehead atoms. The molecular weight excluding hydrogens is 132 g/mol. The van der Waals surface area contributed by atoms with Gasteiger partial charge in [-0.15, -0.1) is 0 Å². The highest BCUT2D eigenvalue weighted by atomic mass is 16.5. The maximum atomic E-state index is 10.8. The Morgan fingerprint density at radius 2 is 2.30 bits per heavy atom. The van der Waals surface area contributed by atoms with Gasteiger partial charge in [0.05, 0.1) is 0 Å². The van der Waals surface area contributed by atoms with Gasteiger partial charge in [0, 0.05) is 6.42 Å². The van der Waals surface area contributed by atoms with E-state index in [-0.39, 0.29) is 5.63 Å². The van der Waals surface area contributed by atoms with Crippen LogP contribution in [0.15, 0.2) is 9.32 Å². The van der Waals surface area contributed by atoms with Crippen LogP contribution in [0.1, 0.15) is 19.5 Å². The number of nitrogens with zero attached hydrogens (tertiary/aromatic N) is 1. The molecule has 0 saturated heterocycles. The third kappa shape index (κ3) is 0.964. The van der Waals surface area contributed by atoms with E-state index < -0.39 is 0 Å². The van der Waals surface area contributed by atoms with Crippen molar-refractivity contribution in [2.45, 2.75) is 26.8 Å². The first-order valence-electron chi connectivity index (χ1n) is 3.39. The lowest BCUT2D eigenvalue weighted by atomic mass is 10.4. The monoisotopic (exact) mass is 143 g/mol. The van der Waals surface area contributed by atoms with Gasteiger partial charge < -0.3 is 0 Å². The van der Waals surface area contributed by atoms with Crippen LogP contribution in [0, 0.1) is 0 Å². The first-order chi connectivity index (χ1) is 4.79. The van der Waals surface area contributed by atoms with E-state index in [2.05, 4.69) is 9.79 Å². The predicted molar refractivity (Wildman–Crippen MR) is 34.6 cm³/mol. The molecule has 0 radical (unpaired) electrons. The van der Waals surface area contributed by atoms with Crippen molar-refractivity contribution in [3.63, 3.8) is 0 Å².